The first kappa shape index (κ1) is 11.4. The maximum atomic E-state index is 11.6. The Morgan fingerprint density at radius 1 is 0.842 bits per heavy atom. The monoisotopic (exact) mass is 249 g/mol. The number of fused-ring (bicyclic) bond motifs is 1. The van der Waals surface area contributed by atoms with Crippen molar-refractivity contribution in [3.63, 3.8) is 0 Å². The average molecular weight is 249 g/mol. The molecule has 0 unspecified atom stereocenters. The third-order valence-corrected chi connectivity index (χ3v) is 2.98. The van der Waals surface area contributed by atoms with E-state index in [0.717, 1.165) is 10.9 Å². The largest absolute Gasteiger partial charge is 0.504 e. The number of benzene rings is 1. The Hall–Kier alpha value is -2.68. The highest BCUT2D eigenvalue weighted by Crippen LogP contribution is 2.25. The van der Waals surface area contributed by atoms with Gasteiger partial charge in [0, 0.05) is 10.9 Å². The van der Waals surface area contributed by atoms with Crippen LogP contribution in [0.25, 0.3) is 22.2 Å². The molecule has 0 saturated carbocycles. The minimum Gasteiger partial charge on any atom is -0.504 e. The summed E-state index contributed by atoms with van der Waals surface area (Å²) in [7, 11) is 0. The molecule has 0 saturated heterocycles. The van der Waals surface area contributed by atoms with E-state index in [4.69, 9.17) is 0 Å². The van der Waals surface area contributed by atoms with Crippen LogP contribution in [0.4, 0.5) is 0 Å². The number of hydrogen-bond acceptors (Lipinski definition) is 3. The van der Waals surface area contributed by atoms with Crippen LogP contribution < -0.4 is 5.43 Å². The predicted molar refractivity (Wildman–Crippen MR) is 75.1 cm³/mol. The lowest BCUT2D eigenvalue weighted by atomic mass is 10.1. The van der Waals surface area contributed by atoms with E-state index in [9.17, 15) is 9.90 Å². The zero-order valence-corrected chi connectivity index (χ0v) is 10.1. The number of nitrogens with zero attached hydrogens (tertiary/aromatic N) is 1. The van der Waals surface area contributed by atoms with Gasteiger partial charge in [-0.3, -0.25) is 4.79 Å². The smallest absolute Gasteiger partial charge is 0.220 e. The van der Waals surface area contributed by atoms with E-state index in [-0.39, 0.29) is 5.75 Å². The predicted octanol–water partition coefficient (Wildman–Crippen LogP) is 2.97. The Labute approximate surface area is 109 Å². The number of aromatic hydroxyl groups is 1. The maximum Gasteiger partial charge on any atom is 0.220 e. The Morgan fingerprint density at radius 3 is 2.47 bits per heavy atom. The molecule has 0 spiro atoms. The van der Waals surface area contributed by atoms with Crippen LogP contribution in [-0.4, -0.2) is 10.1 Å². The van der Waals surface area contributed by atoms with Crippen LogP contribution in [0.1, 0.15) is 0 Å². The van der Waals surface area contributed by atoms with Crippen molar-refractivity contribution in [1.82, 2.24) is 4.98 Å². The van der Waals surface area contributed by atoms with Gasteiger partial charge in [-0.25, -0.2) is 4.98 Å². The van der Waals surface area contributed by atoms with Crippen LogP contribution in [0.15, 0.2) is 65.5 Å². The second kappa shape index (κ2) is 4.53. The fraction of sp³-hybridized carbons (Fsp3) is 0. The second-order valence-electron chi connectivity index (χ2n) is 4.23. The van der Waals surface area contributed by atoms with E-state index in [2.05, 4.69) is 4.98 Å². The molecule has 1 N–H and O–H groups in total. The minimum absolute atomic E-state index is 0.271. The summed E-state index contributed by atoms with van der Waals surface area (Å²) in [5.74, 6) is -0.271. The topological polar surface area (TPSA) is 50.2 Å². The van der Waals surface area contributed by atoms with Crippen molar-refractivity contribution in [3.05, 3.63) is 70.9 Å². The molecule has 0 radical (unpaired) electrons. The summed E-state index contributed by atoms with van der Waals surface area (Å²) in [6.07, 6.45) is 0. The van der Waals surface area contributed by atoms with E-state index in [1.54, 1.807) is 24.3 Å². The van der Waals surface area contributed by atoms with Crippen LogP contribution in [0.5, 0.6) is 5.75 Å². The van der Waals surface area contributed by atoms with Crippen LogP contribution in [0, 0.1) is 0 Å². The molecule has 92 valence electrons. The Balaban J connectivity index is 2.28. The number of hydrogen-bond donors (Lipinski definition) is 1. The molecule has 0 atom stereocenters. The highest BCUT2D eigenvalue weighted by atomic mass is 16.3. The van der Waals surface area contributed by atoms with Crippen molar-refractivity contribution in [2.75, 3.05) is 0 Å². The van der Waals surface area contributed by atoms with E-state index in [1.807, 2.05) is 30.3 Å². The summed E-state index contributed by atoms with van der Waals surface area (Å²) in [4.78, 5) is 16.1. The Bertz CT molecular complexity index is 812. The molecule has 2 aromatic carbocycles. The van der Waals surface area contributed by atoms with Crippen LogP contribution in [0.3, 0.4) is 0 Å². The molecule has 0 bridgehead atoms. The van der Waals surface area contributed by atoms with Gasteiger partial charge in [-0.05, 0) is 24.3 Å². The van der Waals surface area contributed by atoms with Gasteiger partial charge in [0.15, 0.2) is 5.75 Å². The van der Waals surface area contributed by atoms with Gasteiger partial charge in [0.1, 0.15) is 0 Å². The van der Waals surface area contributed by atoms with Crippen molar-refractivity contribution >= 4 is 10.9 Å². The summed E-state index contributed by atoms with van der Waals surface area (Å²) in [6.45, 7) is 0. The fourth-order valence-corrected chi connectivity index (χ4v) is 2.01. The molecular formula is C16H11NO2. The standard InChI is InChI=1S/C16H11NO2/c18-15-8-4-2-6-12(16(15)19)14-10-9-11-5-1-3-7-13(11)17-14/h1-10H,(H,18,19). The van der Waals surface area contributed by atoms with E-state index in [1.165, 1.54) is 6.07 Å². The number of pyridine rings is 1. The number of rotatable bonds is 1. The molecule has 3 heteroatoms. The van der Waals surface area contributed by atoms with Gasteiger partial charge in [0.25, 0.3) is 0 Å². The zero-order chi connectivity index (χ0) is 13.2. The molecule has 3 rings (SSSR count). The summed E-state index contributed by atoms with van der Waals surface area (Å²) in [6, 6.07) is 17.8. The molecule has 0 amide bonds. The number of aromatic nitrogens is 1. The molecular weight excluding hydrogens is 238 g/mol. The number of para-hydroxylation sites is 1. The SMILES string of the molecule is O=c1ccccc(-c2ccc3ccccc3n2)c1O. The first-order chi connectivity index (χ1) is 9.25. The van der Waals surface area contributed by atoms with Crippen molar-refractivity contribution in [3.8, 4) is 17.0 Å². The van der Waals surface area contributed by atoms with Gasteiger partial charge in [-0.15, -0.1) is 0 Å². The fourth-order valence-electron chi connectivity index (χ4n) is 2.01. The molecule has 3 aromatic rings. The quantitative estimate of drug-likeness (QED) is 0.721. The second-order valence-corrected chi connectivity index (χ2v) is 4.23. The summed E-state index contributed by atoms with van der Waals surface area (Å²) in [5.41, 5.74) is 1.46. The Morgan fingerprint density at radius 2 is 1.58 bits per heavy atom. The van der Waals surface area contributed by atoms with Gasteiger partial charge in [0.2, 0.25) is 5.43 Å². The first-order valence-corrected chi connectivity index (χ1v) is 5.94. The van der Waals surface area contributed by atoms with Crippen molar-refractivity contribution in [1.29, 1.82) is 0 Å². The first-order valence-electron chi connectivity index (χ1n) is 5.94. The lowest BCUT2D eigenvalue weighted by Gasteiger charge is -2.02. The molecule has 19 heavy (non-hydrogen) atoms. The van der Waals surface area contributed by atoms with Crippen LogP contribution in [0.2, 0.25) is 0 Å². The van der Waals surface area contributed by atoms with Crippen molar-refractivity contribution in [2.24, 2.45) is 0 Å². The molecule has 0 aliphatic rings. The van der Waals surface area contributed by atoms with Gasteiger partial charge in [-0.1, -0.05) is 36.4 Å². The third-order valence-electron chi connectivity index (χ3n) is 2.98. The van der Waals surface area contributed by atoms with Gasteiger partial charge in [-0.2, -0.15) is 0 Å². The minimum atomic E-state index is -0.407. The normalized spacial score (nSPS) is 10.5. The highest BCUT2D eigenvalue weighted by Gasteiger charge is 2.07. The van der Waals surface area contributed by atoms with Crippen molar-refractivity contribution in [2.45, 2.75) is 0 Å². The zero-order valence-electron chi connectivity index (χ0n) is 10.1. The molecule has 0 aliphatic carbocycles. The summed E-state index contributed by atoms with van der Waals surface area (Å²) >= 11 is 0. The molecule has 3 nitrogen and oxygen atoms in total. The molecule has 1 aromatic heterocycles. The molecule has 0 fully saturated rings. The van der Waals surface area contributed by atoms with E-state index >= 15 is 0 Å². The summed E-state index contributed by atoms with van der Waals surface area (Å²) < 4.78 is 0. The third kappa shape index (κ3) is 2.06. The van der Waals surface area contributed by atoms with E-state index in [0.29, 0.717) is 11.3 Å². The summed E-state index contributed by atoms with van der Waals surface area (Å²) in [5, 5.41) is 11.0. The average Bonchev–Trinajstić information content (AvgIpc) is 2.61. The van der Waals surface area contributed by atoms with Gasteiger partial charge < -0.3 is 5.11 Å². The van der Waals surface area contributed by atoms with Gasteiger partial charge in [0.05, 0.1) is 11.2 Å². The molecule has 1 heterocycles. The lowest BCUT2D eigenvalue weighted by molar-refractivity contribution is 0.473. The lowest BCUT2D eigenvalue weighted by Crippen LogP contribution is -1.95. The van der Waals surface area contributed by atoms with Crippen molar-refractivity contribution < 1.29 is 5.11 Å². The molecule has 0 aliphatic heterocycles. The Kier molecular flexibility index (Phi) is 2.72. The van der Waals surface area contributed by atoms with Gasteiger partial charge >= 0.3 is 0 Å². The highest BCUT2D eigenvalue weighted by molar-refractivity contribution is 5.82. The van der Waals surface area contributed by atoms with Crippen LogP contribution in [-0.2, 0) is 0 Å². The van der Waals surface area contributed by atoms with Crippen LogP contribution >= 0.6 is 0 Å². The maximum absolute atomic E-state index is 11.6. The van der Waals surface area contributed by atoms with E-state index < -0.39 is 5.43 Å².